The van der Waals surface area contributed by atoms with Gasteiger partial charge in [-0.25, -0.2) is 4.79 Å². The Morgan fingerprint density at radius 3 is 2.65 bits per heavy atom. The molecule has 3 nitrogen and oxygen atoms in total. The summed E-state index contributed by atoms with van der Waals surface area (Å²) in [7, 11) is 0. The molecule has 1 aromatic carbocycles. The highest BCUT2D eigenvalue weighted by atomic mass is 35.5. The fourth-order valence-electron chi connectivity index (χ4n) is 1.54. The lowest BCUT2D eigenvalue weighted by molar-refractivity contribution is 0.0697. The number of hydrogen-bond acceptors (Lipinski definition) is 2. The highest BCUT2D eigenvalue weighted by molar-refractivity contribution is 6.33. The van der Waals surface area contributed by atoms with Crippen LogP contribution in [0, 0.1) is 5.92 Å². The Kier molecular flexibility index (Phi) is 4.82. The maximum Gasteiger partial charge on any atom is 0.337 e. The van der Waals surface area contributed by atoms with Gasteiger partial charge >= 0.3 is 5.97 Å². The van der Waals surface area contributed by atoms with E-state index in [1.807, 2.05) is 0 Å². The number of carbonyl (C=O) groups is 1. The van der Waals surface area contributed by atoms with Crippen LogP contribution in [0.2, 0.25) is 5.02 Å². The molecule has 94 valence electrons. The van der Waals surface area contributed by atoms with E-state index in [0.717, 1.165) is 12.1 Å². The molecule has 0 radical (unpaired) electrons. The lowest BCUT2D eigenvalue weighted by Gasteiger charge is -2.21. The van der Waals surface area contributed by atoms with Crippen LogP contribution in [0.5, 0.6) is 0 Å². The van der Waals surface area contributed by atoms with Crippen molar-refractivity contribution in [1.29, 1.82) is 0 Å². The highest BCUT2D eigenvalue weighted by Crippen LogP contribution is 2.22. The molecule has 1 aromatic rings. The van der Waals surface area contributed by atoms with Gasteiger partial charge in [0.1, 0.15) is 0 Å². The fraction of sp³-hybridized carbons (Fsp3) is 0.462. The van der Waals surface area contributed by atoms with E-state index in [9.17, 15) is 4.79 Å². The zero-order chi connectivity index (χ0) is 13.0. The first-order chi connectivity index (χ1) is 7.95. The molecule has 1 rings (SSSR count). The first-order valence-electron chi connectivity index (χ1n) is 5.75. The number of halogens is 1. The van der Waals surface area contributed by atoms with E-state index in [4.69, 9.17) is 16.7 Å². The minimum Gasteiger partial charge on any atom is -0.478 e. The number of carboxylic acids is 1. The molecule has 0 fully saturated rings. The number of benzene rings is 1. The minimum absolute atomic E-state index is 0.132. The van der Waals surface area contributed by atoms with Crippen LogP contribution in [0.3, 0.4) is 0 Å². The van der Waals surface area contributed by atoms with Gasteiger partial charge in [0.25, 0.3) is 0 Å². The third kappa shape index (κ3) is 3.63. The molecule has 0 aliphatic heterocycles. The van der Waals surface area contributed by atoms with Gasteiger partial charge in [0.15, 0.2) is 0 Å². The molecule has 4 heteroatoms. The average molecular weight is 256 g/mol. The Balaban J connectivity index is 2.86. The van der Waals surface area contributed by atoms with Crippen molar-refractivity contribution in [2.24, 2.45) is 5.92 Å². The van der Waals surface area contributed by atoms with Gasteiger partial charge < -0.3 is 10.4 Å². The van der Waals surface area contributed by atoms with Gasteiger partial charge in [-0.05, 0) is 31.0 Å². The molecule has 0 saturated carbocycles. The smallest absolute Gasteiger partial charge is 0.337 e. The zero-order valence-electron chi connectivity index (χ0n) is 10.3. The molecule has 0 heterocycles. The molecule has 0 aliphatic carbocycles. The van der Waals surface area contributed by atoms with E-state index >= 15 is 0 Å². The predicted octanol–water partition coefficient (Wildman–Crippen LogP) is 3.88. The van der Waals surface area contributed by atoms with Crippen LogP contribution >= 0.6 is 11.6 Å². The standard InChI is InChI=1S/C13H18ClNO2/c1-4-8(2)9(3)15-10-5-6-12(14)11(7-10)13(16)17/h5-9,15H,4H2,1-3H3,(H,16,17). The van der Waals surface area contributed by atoms with E-state index in [-0.39, 0.29) is 10.6 Å². The monoisotopic (exact) mass is 255 g/mol. The van der Waals surface area contributed by atoms with E-state index < -0.39 is 5.97 Å². The number of anilines is 1. The topological polar surface area (TPSA) is 49.3 Å². The molecule has 2 N–H and O–H groups in total. The van der Waals surface area contributed by atoms with Crippen LogP contribution in [-0.4, -0.2) is 17.1 Å². The number of hydrogen-bond donors (Lipinski definition) is 2. The van der Waals surface area contributed by atoms with Gasteiger partial charge in [-0.2, -0.15) is 0 Å². The van der Waals surface area contributed by atoms with Crippen LogP contribution in [0.15, 0.2) is 18.2 Å². The molecule has 17 heavy (non-hydrogen) atoms. The summed E-state index contributed by atoms with van der Waals surface area (Å²) in [5, 5.41) is 12.5. The van der Waals surface area contributed by atoms with Crippen LogP contribution in [-0.2, 0) is 0 Å². The Labute approximate surface area is 107 Å². The first kappa shape index (κ1) is 13.8. The maximum atomic E-state index is 10.9. The Morgan fingerprint density at radius 1 is 1.47 bits per heavy atom. The lowest BCUT2D eigenvalue weighted by Crippen LogP contribution is -2.23. The van der Waals surface area contributed by atoms with Gasteiger partial charge in [0.2, 0.25) is 0 Å². The highest BCUT2D eigenvalue weighted by Gasteiger charge is 2.13. The third-order valence-electron chi connectivity index (χ3n) is 3.09. The maximum absolute atomic E-state index is 10.9. The molecule has 0 saturated heterocycles. The van der Waals surface area contributed by atoms with Crippen molar-refractivity contribution in [2.45, 2.75) is 33.2 Å². The normalized spacial score (nSPS) is 14.1. The quantitative estimate of drug-likeness (QED) is 0.839. The molecular weight excluding hydrogens is 238 g/mol. The summed E-state index contributed by atoms with van der Waals surface area (Å²) in [4.78, 5) is 10.9. The van der Waals surface area contributed by atoms with Crippen LogP contribution in [0.1, 0.15) is 37.6 Å². The van der Waals surface area contributed by atoms with Crippen LogP contribution < -0.4 is 5.32 Å². The number of aromatic carboxylic acids is 1. The number of nitrogens with one attached hydrogen (secondary N) is 1. The second-order valence-corrected chi connectivity index (χ2v) is 4.73. The number of carboxylic acid groups (broad SMARTS) is 1. The van der Waals surface area contributed by atoms with Gasteiger partial charge in [0.05, 0.1) is 10.6 Å². The second kappa shape index (κ2) is 5.92. The zero-order valence-corrected chi connectivity index (χ0v) is 11.1. The molecular formula is C13H18ClNO2. The van der Waals surface area contributed by atoms with Crippen LogP contribution in [0.25, 0.3) is 0 Å². The fourth-order valence-corrected chi connectivity index (χ4v) is 1.74. The third-order valence-corrected chi connectivity index (χ3v) is 3.42. The summed E-state index contributed by atoms with van der Waals surface area (Å²) in [6.07, 6.45) is 1.08. The molecule has 2 atom stereocenters. The Morgan fingerprint density at radius 2 is 2.12 bits per heavy atom. The summed E-state index contributed by atoms with van der Waals surface area (Å²) >= 11 is 5.81. The van der Waals surface area contributed by atoms with Gasteiger partial charge in [-0.15, -0.1) is 0 Å². The van der Waals surface area contributed by atoms with E-state index in [2.05, 4.69) is 26.1 Å². The summed E-state index contributed by atoms with van der Waals surface area (Å²) in [6.45, 7) is 6.38. The average Bonchev–Trinajstić information content (AvgIpc) is 2.30. The van der Waals surface area contributed by atoms with Crippen molar-refractivity contribution >= 4 is 23.3 Å². The molecule has 0 spiro atoms. The summed E-state index contributed by atoms with van der Waals surface area (Å²) < 4.78 is 0. The first-order valence-corrected chi connectivity index (χ1v) is 6.12. The van der Waals surface area contributed by atoms with E-state index in [1.54, 1.807) is 18.2 Å². The van der Waals surface area contributed by atoms with Crippen molar-refractivity contribution in [3.8, 4) is 0 Å². The number of rotatable bonds is 5. The SMILES string of the molecule is CCC(C)C(C)Nc1ccc(Cl)c(C(=O)O)c1. The van der Waals surface area contributed by atoms with Gasteiger partial charge in [-0.3, -0.25) is 0 Å². The molecule has 0 amide bonds. The Bertz CT molecular complexity index is 406. The molecule has 0 bridgehead atoms. The summed E-state index contributed by atoms with van der Waals surface area (Å²) in [6, 6.07) is 5.27. The second-order valence-electron chi connectivity index (χ2n) is 4.32. The van der Waals surface area contributed by atoms with Crippen molar-refractivity contribution in [1.82, 2.24) is 0 Å². The van der Waals surface area contributed by atoms with Crippen LogP contribution in [0.4, 0.5) is 5.69 Å². The lowest BCUT2D eigenvalue weighted by atomic mass is 10.0. The summed E-state index contributed by atoms with van der Waals surface area (Å²) in [5.74, 6) is -0.478. The van der Waals surface area contributed by atoms with Crippen molar-refractivity contribution in [3.05, 3.63) is 28.8 Å². The minimum atomic E-state index is -1.00. The van der Waals surface area contributed by atoms with Crippen molar-refractivity contribution in [2.75, 3.05) is 5.32 Å². The van der Waals surface area contributed by atoms with Gasteiger partial charge in [-0.1, -0.05) is 31.9 Å². The van der Waals surface area contributed by atoms with E-state index in [1.165, 1.54) is 0 Å². The Hall–Kier alpha value is -1.22. The molecule has 2 unspecified atom stereocenters. The van der Waals surface area contributed by atoms with Crippen molar-refractivity contribution in [3.63, 3.8) is 0 Å². The van der Waals surface area contributed by atoms with Gasteiger partial charge in [0, 0.05) is 11.7 Å². The largest absolute Gasteiger partial charge is 0.478 e. The molecule has 0 aliphatic rings. The van der Waals surface area contributed by atoms with E-state index in [0.29, 0.717) is 12.0 Å². The van der Waals surface area contributed by atoms with Crippen molar-refractivity contribution < 1.29 is 9.90 Å². The predicted molar refractivity (Wildman–Crippen MR) is 71.0 cm³/mol. The molecule has 0 aromatic heterocycles. The summed E-state index contributed by atoms with van der Waals surface area (Å²) in [5.41, 5.74) is 0.924.